The maximum atomic E-state index is 11.2. The van der Waals surface area contributed by atoms with Gasteiger partial charge in [-0.1, -0.05) is 0 Å². The van der Waals surface area contributed by atoms with Gasteiger partial charge in [0.05, 0.1) is 0 Å². The predicted octanol–water partition coefficient (Wildman–Crippen LogP) is -0.165. The summed E-state index contributed by atoms with van der Waals surface area (Å²) in [6, 6.07) is -0.358. The number of nitrogens with one attached hydrogen (secondary N) is 2. The molecule has 0 saturated heterocycles. The molecule has 2 aromatic heterocycles. The molecule has 2 N–H and O–H groups in total. The van der Waals surface area contributed by atoms with Crippen molar-refractivity contribution in [1.29, 1.82) is 0 Å². The number of H-pyrrole nitrogens is 2. The minimum absolute atomic E-state index is 0.179. The molecule has 8 nitrogen and oxygen atoms in total. The van der Waals surface area contributed by atoms with Gasteiger partial charge in [0.2, 0.25) is 0 Å². The number of hydrogen-bond donors (Lipinski definition) is 2. The van der Waals surface area contributed by atoms with Crippen molar-refractivity contribution in [3.63, 3.8) is 0 Å². The minimum atomic E-state index is -4.21. The van der Waals surface area contributed by atoms with Crippen LogP contribution in [0.1, 0.15) is 0 Å². The van der Waals surface area contributed by atoms with Crippen molar-refractivity contribution in [1.82, 2.24) is 19.9 Å². The zero-order valence-corrected chi connectivity index (χ0v) is 8.06. The highest BCUT2D eigenvalue weighted by Gasteiger charge is 2.18. The third kappa shape index (κ3) is 2.47. The molecule has 0 aliphatic carbocycles. The van der Waals surface area contributed by atoms with Crippen LogP contribution >= 0.6 is 0 Å². The molecule has 0 atom stereocenters. The molecule has 0 spiro atoms. The van der Waals surface area contributed by atoms with E-state index in [0.29, 0.717) is 0 Å². The zero-order chi connectivity index (χ0) is 10.7. The molecule has 2 heterocycles. The fraction of sp³-hybridized carbons (Fsp3) is 0. The Balaban J connectivity index is 2.08. The third-order valence-electron chi connectivity index (χ3n) is 1.31. The second-order valence-corrected chi connectivity index (χ2v) is 3.51. The number of aromatic nitrogens is 4. The molecule has 9 heteroatoms. The Bertz CT molecular complexity index is 461. The number of hydrogen-bond acceptors (Lipinski definition) is 6. The Hall–Kier alpha value is -2.03. The van der Waals surface area contributed by atoms with E-state index in [-0.39, 0.29) is 12.0 Å². The third-order valence-corrected chi connectivity index (χ3v) is 2.03. The summed E-state index contributed by atoms with van der Waals surface area (Å²) in [5, 5.41) is 0. The predicted molar refractivity (Wildman–Crippen MR) is 47.4 cm³/mol. The molecular weight excluding hydrogens is 224 g/mol. The van der Waals surface area contributed by atoms with E-state index in [0.717, 1.165) is 0 Å². The summed E-state index contributed by atoms with van der Waals surface area (Å²) in [4.78, 5) is 12.0. The highest BCUT2D eigenvalue weighted by Crippen LogP contribution is 2.08. The van der Waals surface area contributed by atoms with E-state index >= 15 is 0 Å². The molecule has 0 unspecified atom stereocenters. The molecule has 80 valence electrons. The first-order valence-corrected chi connectivity index (χ1v) is 5.12. The van der Waals surface area contributed by atoms with E-state index in [4.69, 9.17) is 0 Å². The van der Waals surface area contributed by atoms with Crippen LogP contribution in [0.25, 0.3) is 0 Å². The molecule has 15 heavy (non-hydrogen) atoms. The highest BCUT2D eigenvalue weighted by molar-refractivity contribution is 7.82. The molecule has 2 aromatic rings. The quantitative estimate of drug-likeness (QED) is 0.754. The van der Waals surface area contributed by atoms with Crippen LogP contribution in [0.5, 0.6) is 12.0 Å². The Kier molecular flexibility index (Phi) is 2.29. The average molecular weight is 230 g/mol. The highest BCUT2D eigenvalue weighted by atomic mass is 32.3. The lowest BCUT2D eigenvalue weighted by atomic mass is 11.0. The van der Waals surface area contributed by atoms with Crippen molar-refractivity contribution in [2.45, 2.75) is 0 Å². The van der Waals surface area contributed by atoms with Gasteiger partial charge in [0.15, 0.2) is 0 Å². The smallest absolute Gasteiger partial charge is 0.315 e. The molecule has 2 rings (SSSR count). The van der Waals surface area contributed by atoms with Crippen LogP contribution in [0.15, 0.2) is 24.8 Å². The Morgan fingerprint density at radius 3 is 1.80 bits per heavy atom. The summed E-state index contributed by atoms with van der Waals surface area (Å²) in [5.74, 6) is 0. The van der Waals surface area contributed by atoms with Gasteiger partial charge in [-0.2, -0.15) is 0 Å². The first kappa shape index (κ1) is 9.52. The fourth-order valence-electron chi connectivity index (χ4n) is 0.803. The first-order valence-electron chi connectivity index (χ1n) is 3.78. The van der Waals surface area contributed by atoms with Crippen molar-refractivity contribution in [2.75, 3.05) is 0 Å². The normalized spacial score (nSPS) is 11.2. The van der Waals surface area contributed by atoms with Gasteiger partial charge in [-0.25, -0.2) is 9.97 Å². The number of aromatic amines is 2. The minimum Gasteiger partial charge on any atom is -0.315 e. The summed E-state index contributed by atoms with van der Waals surface area (Å²) in [7, 11) is -4.21. The van der Waals surface area contributed by atoms with E-state index < -0.39 is 10.4 Å². The number of nitrogens with zero attached hydrogens (tertiary/aromatic N) is 2. The van der Waals surface area contributed by atoms with Crippen LogP contribution in [0.2, 0.25) is 0 Å². The molecular formula is C6H6N4O4S. The fourth-order valence-corrected chi connectivity index (χ4v) is 1.41. The lowest BCUT2D eigenvalue weighted by molar-refractivity contribution is 0.372. The van der Waals surface area contributed by atoms with Gasteiger partial charge >= 0.3 is 22.4 Å². The molecule has 0 aliphatic heterocycles. The van der Waals surface area contributed by atoms with Gasteiger partial charge in [-0.15, -0.1) is 8.42 Å². The molecule has 0 saturated carbocycles. The van der Waals surface area contributed by atoms with E-state index in [1.807, 2.05) is 0 Å². The van der Waals surface area contributed by atoms with Crippen molar-refractivity contribution in [2.24, 2.45) is 0 Å². The van der Waals surface area contributed by atoms with E-state index in [1.54, 1.807) is 0 Å². The summed E-state index contributed by atoms with van der Waals surface area (Å²) < 4.78 is 31.3. The van der Waals surface area contributed by atoms with Crippen LogP contribution in [0.3, 0.4) is 0 Å². The van der Waals surface area contributed by atoms with Crippen LogP contribution in [0.4, 0.5) is 0 Å². The number of rotatable bonds is 4. The standard InChI is InChI=1S/C6H6N4O4S/c11-15(12,13-5-7-1-2-8-5)14-6-9-3-4-10-6/h1-4H,(H,7,8)(H,9,10). The second-order valence-electron chi connectivity index (χ2n) is 2.36. The molecule has 0 amide bonds. The van der Waals surface area contributed by atoms with Gasteiger partial charge in [0.1, 0.15) is 0 Å². The monoisotopic (exact) mass is 230 g/mol. The Labute approximate surface area is 84.6 Å². The van der Waals surface area contributed by atoms with E-state index in [9.17, 15) is 8.42 Å². The van der Waals surface area contributed by atoms with Crippen LogP contribution in [0, 0.1) is 0 Å². The summed E-state index contributed by atoms with van der Waals surface area (Å²) in [6.45, 7) is 0. The molecule has 0 bridgehead atoms. The molecule has 0 aliphatic rings. The van der Waals surface area contributed by atoms with Gasteiger partial charge in [0, 0.05) is 24.8 Å². The van der Waals surface area contributed by atoms with Crippen molar-refractivity contribution >= 4 is 10.4 Å². The molecule has 0 radical (unpaired) electrons. The lowest BCUT2D eigenvalue weighted by Crippen LogP contribution is -2.17. The van der Waals surface area contributed by atoms with Crippen LogP contribution in [-0.4, -0.2) is 28.4 Å². The summed E-state index contributed by atoms with van der Waals surface area (Å²) in [6.07, 6.45) is 5.52. The van der Waals surface area contributed by atoms with Crippen molar-refractivity contribution in [3.8, 4) is 12.0 Å². The lowest BCUT2D eigenvalue weighted by Gasteiger charge is -2.01. The van der Waals surface area contributed by atoms with Crippen molar-refractivity contribution < 1.29 is 16.8 Å². The van der Waals surface area contributed by atoms with Gasteiger partial charge in [-0.3, -0.25) is 0 Å². The van der Waals surface area contributed by atoms with Crippen LogP contribution < -0.4 is 8.37 Å². The average Bonchev–Trinajstić information content (AvgIpc) is 2.75. The van der Waals surface area contributed by atoms with E-state index in [2.05, 4.69) is 28.3 Å². The zero-order valence-electron chi connectivity index (χ0n) is 7.25. The van der Waals surface area contributed by atoms with Crippen LogP contribution in [-0.2, 0) is 10.4 Å². The number of imidazole rings is 2. The second kappa shape index (κ2) is 3.61. The van der Waals surface area contributed by atoms with Gasteiger partial charge < -0.3 is 18.3 Å². The summed E-state index contributed by atoms with van der Waals surface area (Å²) in [5.41, 5.74) is 0. The summed E-state index contributed by atoms with van der Waals surface area (Å²) >= 11 is 0. The molecule has 0 aromatic carbocycles. The Morgan fingerprint density at radius 2 is 1.47 bits per heavy atom. The maximum Gasteiger partial charge on any atom is 0.506 e. The van der Waals surface area contributed by atoms with Crippen molar-refractivity contribution in [3.05, 3.63) is 24.8 Å². The molecule has 0 fully saturated rings. The topological polar surface area (TPSA) is 110 Å². The largest absolute Gasteiger partial charge is 0.506 e. The first-order chi connectivity index (χ1) is 7.16. The maximum absolute atomic E-state index is 11.2. The SMILES string of the molecule is O=S(=O)(Oc1ncc[nH]1)Oc1ncc[nH]1. The Morgan fingerprint density at radius 1 is 1.00 bits per heavy atom. The van der Waals surface area contributed by atoms with E-state index in [1.165, 1.54) is 24.8 Å². The van der Waals surface area contributed by atoms with Gasteiger partial charge in [0.25, 0.3) is 0 Å². The van der Waals surface area contributed by atoms with Gasteiger partial charge in [-0.05, 0) is 0 Å².